The van der Waals surface area contributed by atoms with E-state index in [2.05, 4.69) is 10.3 Å². The van der Waals surface area contributed by atoms with Gasteiger partial charge in [0.15, 0.2) is 11.6 Å². The third-order valence-electron chi connectivity index (χ3n) is 3.93. The highest BCUT2D eigenvalue weighted by Crippen LogP contribution is 2.35. The number of pyridine rings is 1. The molecule has 24 heavy (non-hydrogen) atoms. The Labute approximate surface area is 144 Å². The molecule has 0 saturated carbocycles. The molecule has 1 atom stereocenters. The summed E-state index contributed by atoms with van der Waals surface area (Å²) >= 11 is 6.08. The number of aromatic nitrogens is 1. The summed E-state index contributed by atoms with van der Waals surface area (Å²) in [5, 5.41) is 3.26. The number of nitrogens with zero attached hydrogens (tertiary/aromatic N) is 2. The first-order chi connectivity index (χ1) is 11.4. The molecular formula is C17H16ClN3O3. The molecule has 1 aromatic carbocycles. The highest BCUT2D eigenvalue weighted by Gasteiger charge is 2.50. The Bertz CT molecular complexity index is 811. The predicted molar refractivity (Wildman–Crippen MR) is 90.0 cm³/mol. The van der Waals surface area contributed by atoms with Gasteiger partial charge in [-0.15, -0.1) is 0 Å². The molecule has 2 amide bonds. The summed E-state index contributed by atoms with van der Waals surface area (Å²) in [6.45, 7) is 1.65. The lowest BCUT2D eigenvalue weighted by Crippen LogP contribution is -2.61. The summed E-state index contributed by atoms with van der Waals surface area (Å²) < 4.78 is 5.68. The van der Waals surface area contributed by atoms with Crippen molar-refractivity contribution in [1.29, 1.82) is 0 Å². The van der Waals surface area contributed by atoms with Crippen molar-refractivity contribution in [3.05, 3.63) is 53.2 Å². The van der Waals surface area contributed by atoms with E-state index in [1.165, 1.54) is 11.8 Å². The molecule has 0 aliphatic carbocycles. The van der Waals surface area contributed by atoms with Gasteiger partial charge in [0.05, 0.1) is 0 Å². The smallest absolute Gasteiger partial charge is 0.281 e. The second-order valence-corrected chi connectivity index (χ2v) is 6.01. The van der Waals surface area contributed by atoms with Gasteiger partial charge in [0.1, 0.15) is 0 Å². The number of carbonyl (C=O) groups is 2. The van der Waals surface area contributed by atoms with E-state index in [9.17, 15) is 9.59 Å². The normalized spacial score (nSPS) is 19.5. The van der Waals surface area contributed by atoms with Gasteiger partial charge < -0.3 is 10.1 Å². The first-order valence-corrected chi connectivity index (χ1v) is 7.75. The fraction of sp³-hybridized carbons (Fsp3) is 0.235. The molecule has 1 aliphatic rings. The van der Waals surface area contributed by atoms with Gasteiger partial charge in [0.2, 0.25) is 0 Å². The van der Waals surface area contributed by atoms with Crippen LogP contribution < -0.4 is 15.0 Å². The van der Waals surface area contributed by atoms with Crippen molar-refractivity contribution in [2.24, 2.45) is 0 Å². The monoisotopic (exact) mass is 345 g/mol. The Morgan fingerprint density at radius 3 is 2.83 bits per heavy atom. The molecule has 2 heterocycles. The van der Waals surface area contributed by atoms with E-state index < -0.39 is 17.4 Å². The third-order valence-corrected chi connectivity index (χ3v) is 4.29. The van der Waals surface area contributed by atoms with Crippen LogP contribution in [0.3, 0.4) is 0 Å². The van der Waals surface area contributed by atoms with Crippen molar-refractivity contribution in [3.63, 3.8) is 0 Å². The summed E-state index contributed by atoms with van der Waals surface area (Å²) in [6.07, 6.45) is 1.56. The van der Waals surface area contributed by atoms with Crippen LogP contribution in [0.25, 0.3) is 0 Å². The van der Waals surface area contributed by atoms with Crippen LogP contribution in [0.4, 0.5) is 5.82 Å². The maximum atomic E-state index is 12.6. The zero-order valence-electron chi connectivity index (χ0n) is 13.2. The van der Waals surface area contributed by atoms with Crippen molar-refractivity contribution in [3.8, 4) is 5.75 Å². The summed E-state index contributed by atoms with van der Waals surface area (Å²) in [7, 11) is 1.57. The molecule has 1 aromatic heterocycles. The Balaban J connectivity index is 1.81. The van der Waals surface area contributed by atoms with Gasteiger partial charge in [-0.2, -0.15) is 0 Å². The molecule has 0 fully saturated rings. The fourth-order valence-electron chi connectivity index (χ4n) is 2.52. The van der Waals surface area contributed by atoms with Gasteiger partial charge in [0, 0.05) is 24.8 Å². The molecule has 2 aromatic rings. The van der Waals surface area contributed by atoms with Gasteiger partial charge in [-0.1, -0.05) is 29.8 Å². The summed E-state index contributed by atoms with van der Waals surface area (Å²) in [5.41, 5.74) is -0.902. The number of benzene rings is 1. The van der Waals surface area contributed by atoms with Crippen LogP contribution in [0.5, 0.6) is 5.75 Å². The molecule has 0 radical (unpaired) electrons. The highest BCUT2D eigenvalue weighted by molar-refractivity contribution is 6.31. The standard InChI is InChI=1S/C17H16ClN3O3/c1-17(15(22)20-10-11-6-3-4-7-12(11)18)16(23)21(2)14-13(24-17)8-5-9-19-14/h3-9H,10H2,1-2H3,(H,20,22)/t17-/m0/s1. The number of halogens is 1. The zero-order valence-corrected chi connectivity index (χ0v) is 14.0. The maximum absolute atomic E-state index is 12.6. The van der Waals surface area contributed by atoms with E-state index in [1.807, 2.05) is 12.1 Å². The number of amides is 2. The van der Waals surface area contributed by atoms with Crippen molar-refractivity contribution < 1.29 is 14.3 Å². The number of hydrogen-bond acceptors (Lipinski definition) is 4. The van der Waals surface area contributed by atoms with Crippen molar-refractivity contribution in [2.45, 2.75) is 19.1 Å². The van der Waals surface area contributed by atoms with E-state index >= 15 is 0 Å². The summed E-state index contributed by atoms with van der Waals surface area (Å²) in [6, 6.07) is 10.5. The first-order valence-electron chi connectivity index (χ1n) is 7.37. The number of likely N-dealkylation sites (N-methyl/N-ethyl adjacent to an activating group) is 1. The number of rotatable bonds is 3. The number of nitrogens with one attached hydrogen (secondary N) is 1. The molecule has 0 unspecified atom stereocenters. The largest absolute Gasteiger partial charge is 0.464 e. The van der Waals surface area contributed by atoms with E-state index in [-0.39, 0.29) is 6.54 Å². The Morgan fingerprint density at radius 2 is 2.08 bits per heavy atom. The third kappa shape index (κ3) is 2.69. The SMILES string of the molecule is CN1C(=O)[C@](C)(C(=O)NCc2ccccc2Cl)Oc2cccnc21. The molecule has 0 saturated heterocycles. The van der Waals surface area contributed by atoms with E-state index in [1.54, 1.807) is 37.5 Å². The van der Waals surface area contributed by atoms with Crippen molar-refractivity contribution >= 4 is 29.2 Å². The van der Waals surface area contributed by atoms with Crippen molar-refractivity contribution in [1.82, 2.24) is 10.3 Å². The Kier molecular flexibility index (Phi) is 4.15. The minimum Gasteiger partial charge on any atom is -0.464 e. The average molecular weight is 346 g/mol. The van der Waals surface area contributed by atoms with Gasteiger partial charge >= 0.3 is 0 Å². The van der Waals surface area contributed by atoms with E-state index in [0.717, 1.165) is 5.56 Å². The number of anilines is 1. The van der Waals surface area contributed by atoms with Crippen molar-refractivity contribution in [2.75, 3.05) is 11.9 Å². The predicted octanol–water partition coefficient (Wildman–Crippen LogP) is 2.17. The number of hydrogen-bond donors (Lipinski definition) is 1. The number of fused-ring (bicyclic) bond motifs is 1. The molecule has 6 nitrogen and oxygen atoms in total. The summed E-state index contributed by atoms with van der Waals surface area (Å²) in [4.78, 5) is 30.7. The molecule has 0 bridgehead atoms. The molecule has 1 aliphatic heterocycles. The van der Waals surface area contributed by atoms with Crippen LogP contribution in [-0.2, 0) is 16.1 Å². The number of ether oxygens (including phenoxy) is 1. The fourth-order valence-corrected chi connectivity index (χ4v) is 2.73. The van der Waals surface area contributed by atoms with Gasteiger partial charge in [0.25, 0.3) is 17.4 Å². The molecule has 3 rings (SSSR count). The Hall–Kier alpha value is -2.60. The topological polar surface area (TPSA) is 71.5 Å². The van der Waals surface area contributed by atoms with Crippen LogP contribution >= 0.6 is 11.6 Å². The molecule has 7 heteroatoms. The minimum absolute atomic E-state index is 0.203. The molecular weight excluding hydrogens is 330 g/mol. The maximum Gasteiger partial charge on any atom is 0.281 e. The second-order valence-electron chi connectivity index (χ2n) is 5.60. The Morgan fingerprint density at radius 1 is 1.33 bits per heavy atom. The van der Waals surface area contributed by atoms with E-state index in [0.29, 0.717) is 16.6 Å². The first kappa shape index (κ1) is 16.3. The summed E-state index contributed by atoms with van der Waals surface area (Å²) in [5.74, 6) is -0.243. The van der Waals surface area contributed by atoms with Crippen LogP contribution in [0, 0.1) is 0 Å². The van der Waals surface area contributed by atoms with Gasteiger partial charge in [-0.05, 0) is 30.7 Å². The van der Waals surface area contributed by atoms with Gasteiger partial charge in [-0.25, -0.2) is 4.98 Å². The lowest BCUT2D eigenvalue weighted by Gasteiger charge is -2.36. The highest BCUT2D eigenvalue weighted by atomic mass is 35.5. The minimum atomic E-state index is -1.66. The van der Waals surface area contributed by atoms with Crippen LogP contribution in [-0.4, -0.2) is 29.4 Å². The second kappa shape index (κ2) is 6.13. The average Bonchev–Trinajstić information content (AvgIpc) is 2.59. The van der Waals surface area contributed by atoms with Crippen LogP contribution in [0.2, 0.25) is 5.02 Å². The zero-order chi connectivity index (χ0) is 17.3. The lowest BCUT2D eigenvalue weighted by molar-refractivity contribution is -0.148. The molecule has 1 N–H and O–H groups in total. The van der Waals surface area contributed by atoms with E-state index in [4.69, 9.17) is 16.3 Å². The van der Waals surface area contributed by atoms with Crippen LogP contribution in [0.1, 0.15) is 12.5 Å². The molecule has 0 spiro atoms. The van der Waals surface area contributed by atoms with Gasteiger partial charge in [-0.3, -0.25) is 14.5 Å². The quantitative estimate of drug-likeness (QED) is 0.865. The number of carbonyl (C=O) groups excluding carboxylic acids is 2. The molecule has 124 valence electrons. The van der Waals surface area contributed by atoms with Crippen LogP contribution in [0.15, 0.2) is 42.6 Å². The lowest BCUT2D eigenvalue weighted by atomic mass is 10.0.